The van der Waals surface area contributed by atoms with Crippen LogP contribution in [0.3, 0.4) is 0 Å². The Morgan fingerprint density at radius 1 is 1.09 bits per heavy atom. The van der Waals surface area contributed by atoms with Crippen molar-refractivity contribution in [2.45, 2.75) is 19.3 Å². The number of piperidine rings is 1. The van der Waals surface area contributed by atoms with Crippen molar-refractivity contribution in [3.63, 3.8) is 0 Å². The van der Waals surface area contributed by atoms with Gasteiger partial charge in [-0.25, -0.2) is 9.78 Å². The Morgan fingerprint density at radius 2 is 1.94 bits per heavy atom. The summed E-state index contributed by atoms with van der Waals surface area (Å²) in [6.07, 6.45) is 7.70. The van der Waals surface area contributed by atoms with Crippen molar-refractivity contribution in [2.75, 3.05) is 40.5 Å². The molecule has 1 saturated heterocycles. The van der Waals surface area contributed by atoms with Crippen LogP contribution in [0.4, 0.5) is 0 Å². The fraction of sp³-hybridized carbons (Fsp3) is 0.360. The SMILES string of the molecule is COC(=O)c1cccc2[nH]c(C=Cc3ccc(OCCN4CCCCC4)c(OC)c3)nc12. The first kappa shape index (κ1) is 21.9. The number of esters is 1. The van der Waals surface area contributed by atoms with E-state index in [0.29, 0.717) is 29.3 Å². The molecule has 1 aliphatic rings. The van der Waals surface area contributed by atoms with E-state index in [1.807, 2.05) is 36.4 Å². The smallest absolute Gasteiger partial charge is 0.340 e. The van der Waals surface area contributed by atoms with E-state index < -0.39 is 5.97 Å². The fourth-order valence-electron chi connectivity index (χ4n) is 3.95. The molecular formula is C25H29N3O4. The van der Waals surface area contributed by atoms with Gasteiger partial charge in [0.2, 0.25) is 0 Å². The molecule has 0 spiro atoms. The number of aromatic amines is 1. The zero-order valence-corrected chi connectivity index (χ0v) is 18.6. The lowest BCUT2D eigenvalue weighted by molar-refractivity contribution is 0.0603. The van der Waals surface area contributed by atoms with E-state index in [2.05, 4.69) is 14.9 Å². The number of likely N-dealkylation sites (tertiary alicyclic amines) is 1. The van der Waals surface area contributed by atoms with Crippen LogP contribution in [0, 0.1) is 0 Å². The van der Waals surface area contributed by atoms with Crippen molar-refractivity contribution in [1.82, 2.24) is 14.9 Å². The molecule has 0 radical (unpaired) electrons. The second kappa shape index (κ2) is 10.3. The predicted octanol–water partition coefficient (Wildman–Crippen LogP) is 4.39. The number of aromatic nitrogens is 2. The molecular weight excluding hydrogens is 406 g/mol. The highest BCUT2D eigenvalue weighted by Crippen LogP contribution is 2.29. The highest BCUT2D eigenvalue weighted by atomic mass is 16.5. The second-order valence-electron chi connectivity index (χ2n) is 7.81. The summed E-state index contributed by atoms with van der Waals surface area (Å²) in [5, 5.41) is 0. The molecule has 2 heterocycles. The van der Waals surface area contributed by atoms with Crippen LogP contribution in [0.2, 0.25) is 0 Å². The summed E-state index contributed by atoms with van der Waals surface area (Å²) in [5.74, 6) is 1.69. The van der Waals surface area contributed by atoms with Crippen molar-refractivity contribution in [3.8, 4) is 11.5 Å². The van der Waals surface area contributed by atoms with E-state index in [4.69, 9.17) is 14.2 Å². The third kappa shape index (κ3) is 5.11. The lowest BCUT2D eigenvalue weighted by atomic mass is 10.1. The number of nitrogens with one attached hydrogen (secondary N) is 1. The summed E-state index contributed by atoms with van der Waals surface area (Å²) in [7, 11) is 3.01. The minimum Gasteiger partial charge on any atom is -0.493 e. The number of benzene rings is 2. The van der Waals surface area contributed by atoms with E-state index in [1.165, 1.54) is 26.4 Å². The molecule has 3 aromatic rings. The monoisotopic (exact) mass is 435 g/mol. The molecule has 0 bridgehead atoms. The van der Waals surface area contributed by atoms with E-state index in [1.54, 1.807) is 19.2 Å². The largest absolute Gasteiger partial charge is 0.493 e. The molecule has 168 valence electrons. The van der Waals surface area contributed by atoms with Gasteiger partial charge in [0.25, 0.3) is 0 Å². The number of hydrogen-bond acceptors (Lipinski definition) is 6. The Kier molecular flexibility index (Phi) is 7.07. The molecule has 2 aromatic carbocycles. The molecule has 0 saturated carbocycles. The van der Waals surface area contributed by atoms with Gasteiger partial charge in [0.1, 0.15) is 17.9 Å². The van der Waals surface area contributed by atoms with Gasteiger partial charge < -0.3 is 19.2 Å². The van der Waals surface area contributed by atoms with Crippen molar-refractivity contribution in [2.24, 2.45) is 0 Å². The average molecular weight is 436 g/mol. The van der Waals surface area contributed by atoms with Gasteiger partial charge in [0, 0.05) is 6.54 Å². The van der Waals surface area contributed by atoms with Crippen molar-refractivity contribution >= 4 is 29.2 Å². The number of hydrogen-bond donors (Lipinski definition) is 1. The summed E-state index contributed by atoms with van der Waals surface area (Å²) in [6.45, 7) is 3.90. The van der Waals surface area contributed by atoms with Gasteiger partial charge in [0.05, 0.1) is 25.3 Å². The van der Waals surface area contributed by atoms with Crippen LogP contribution in [0.5, 0.6) is 11.5 Å². The lowest BCUT2D eigenvalue weighted by Gasteiger charge is -2.26. The average Bonchev–Trinajstić information content (AvgIpc) is 3.26. The summed E-state index contributed by atoms with van der Waals surface area (Å²) in [4.78, 5) is 22.2. The van der Waals surface area contributed by atoms with Gasteiger partial charge in [-0.1, -0.05) is 24.6 Å². The molecule has 7 heteroatoms. The molecule has 0 amide bonds. The van der Waals surface area contributed by atoms with Crippen LogP contribution < -0.4 is 9.47 Å². The van der Waals surface area contributed by atoms with Crippen LogP contribution in [0.25, 0.3) is 23.2 Å². The number of para-hydroxylation sites is 1. The Balaban J connectivity index is 1.44. The minimum atomic E-state index is -0.404. The molecule has 7 nitrogen and oxygen atoms in total. The van der Waals surface area contributed by atoms with Gasteiger partial charge in [-0.3, -0.25) is 4.90 Å². The van der Waals surface area contributed by atoms with Crippen LogP contribution in [-0.2, 0) is 4.74 Å². The van der Waals surface area contributed by atoms with Crippen molar-refractivity contribution in [3.05, 3.63) is 53.3 Å². The normalized spacial score (nSPS) is 14.7. The second-order valence-corrected chi connectivity index (χ2v) is 7.81. The maximum absolute atomic E-state index is 12.0. The van der Waals surface area contributed by atoms with E-state index >= 15 is 0 Å². The zero-order chi connectivity index (χ0) is 22.3. The fourth-order valence-corrected chi connectivity index (χ4v) is 3.95. The number of rotatable bonds is 8. The molecule has 0 aliphatic carbocycles. The van der Waals surface area contributed by atoms with Gasteiger partial charge >= 0.3 is 5.97 Å². The zero-order valence-electron chi connectivity index (χ0n) is 18.6. The van der Waals surface area contributed by atoms with E-state index in [-0.39, 0.29) is 0 Å². The quantitative estimate of drug-likeness (QED) is 0.529. The summed E-state index contributed by atoms with van der Waals surface area (Å²) >= 11 is 0. The molecule has 1 aromatic heterocycles. The van der Waals surface area contributed by atoms with Crippen LogP contribution in [-0.4, -0.2) is 61.3 Å². The van der Waals surface area contributed by atoms with Gasteiger partial charge in [-0.05, 0) is 61.8 Å². The number of carbonyl (C=O) groups is 1. The van der Waals surface area contributed by atoms with E-state index in [9.17, 15) is 4.79 Å². The number of ether oxygens (including phenoxy) is 3. The predicted molar refractivity (Wildman–Crippen MR) is 125 cm³/mol. The number of H-pyrrole nitrogens is 1. The third-order valence-corrected chi connectivity index (χ3v) is 5.67. The minimum absolute atomic E-state index is 0.404. The highest BCUT2D eigenvalue weighted by Gasteiger charge is 2.13. The highest BCUT2D eigenvalue weighted by molar-refractivity contribution is 6.02. The number of carbonyl (C=O) groups excluding carboxylic acids is 1. The van der Waals surface area contributed by atoms with Gasteiger partial charge in [-0.15, -0.1) is 0 Å². The van der Waals surface area contributed by atoms with Gasteiger partial charge in [0.15, 0.2) is 11.5 Å². The molecule has 1 aliphatic heterocycles. The van der Waals surface area contributed by atoms with Crippen LogP contribution in [0.1, 0.15) is 41.0 Å². The molecule has 1 N–H and O–H groups in total. The molecule has 1 fully saturated rings. The molecule has 0 atom stereocenters. The standard InChI is InChI=1S/C25H29N3O4/c1-30-22-17-18(9-11-21(22)32-16-15-28-13-4-3-5-14-28)10-12-23-26-20-8-6-7-19(24(20)27-23)25(29)31-2/h6-12,17H,3-5,13-16H2,1-2H3,(H,26,27). The number of methoxy groups -OCH3 is 2. The van der Waals surface area contributed by atoms with Crippen LogP contribution >= 0.6 is 0 Å². The molecule has 32 heavy (non-hydrogen) atoms. The Labute approximate surface area is 188 Å². The lowest BCUT2D eigenvalue weighted by Crippen LogP contribution is -2.33. The summed E-state index contributed by atoms with van der Waals surface area (Å²) in [5.41, 5.74) is 2.77. The number of nitrogens with zero attached hydrogens (tertiary/aromatic N) is 2. The first-order valence-electron chi connectivity index (χ1n) is 11.0. The van der Waals surface area contributed by atoms with Crippen molar-refractivity contribution < 1.29 is 19.0 Å². The first-order valence-corrected chi connectivity index (χ1v) is 11.0. The third-order valence-electron chi connectivity index (χ3n) is 5.67. The van der Waals surface area contributed by atoms with Crippen LogP contribution in [0.15, 0.2) is 36.4 Å². The first-order chi connectivity index (χ1) is 15.7. The topological polar surface area (TPSA) is 76.7 Å². The summed E-state index contributed by atoms with van der Waals surface area (Å²) < 4.78 is 16.4. The van der Waals surface area contributed by atoms with Gasteiger partial charge in [-0.2, -0.15) is 0 Å². The summed E-state index contributed by atoms with van der Waals surface area (Å²) in [6, 6.07) is 11.2. The Hall–Kier alpha value is -3.32. The Bertz CT molecular complexity index is 1100. The Morgan fingerprint density at radius 3 is 2.72 bits per heavy atom. The molecule has 4 rings (SSSR count). The van der Waals surface area contributed by atoms with Crippen molar-refractivity contribution in [1.29, 1.82) is 0 Å². The maximum Gasteiger partial charge on any atom is 0.340 e. The number of fused-ring (bicyclic) bond motifs is 1. The maximum atomic E-state index is 12.0. The van der Waals surface area contributed by atoms with E-state index in [0.717, 1.165) is 36.5 Å². The molecule has 0 unspecified atom stereocenters. The number of imidazole rings is 1.